The average Bonchev–Trinajstić information content (AvgIpc) is 2.93. The van der Waals surface area contributed by atoms with Crippen molar-refractivity contribution in [1.29, 1.82) is 0 Å². The van der Waals surface area contributed by atoms with Crippen LogP contribution in [0.1, 0.15) is 52.7 Å². The normalized spacial score (nSPS) is 11.2. The lowest BCUT2D eigenvalue weighted by atomic mass is 9.84. The third kappa shape index (κ3) is 3.03. The minimum absolute atomic E-state index is 0.225. The van der Waals surface area contributed by atoms with Crippen molar-refractivity contribution in [2.75, 3.05) is 0 Å². The van der Waals surface area contributed by atoms with Gasteiger partial charge in [0.2, 0.25) is 5.91 Å². The zero-order valence-corrected chi connectivity index (χ0v) is 15.9. The molecule has 0 aliphatic carbocycles. The van der Waals surface area contributed by atoms with Crippen molar-refractivity contribution in [3.8, 4) is 22.3 Å². The van der Waals surface area contributed by atoms with Crippen LogP contribution in [0.25, 0.3) is 22.3 Å². The van der Waals surface area contributed by atoms with Gasteiger partial charge in [0.05, 0.1) is 5.69 Å². The van der Waals surface area contributed by atoms with Crippen molar-refractivity contribution in [1.82, 2.24) is 5.16 Å². The van der Waals surface area contributed by atoms with Crippen molar-refractivity contribution >= 4 is 5.91 Å². The summed E-state index contributed by atoms with van der Waals surface area (Å²) in [6, 6.07) is 12.1. The Kier molecular flexibility index (Phi) is 4.68. The molecule has 3 aromatic rings. The Morgan fingerprint density at radius 3 is 2.31 bits per heavy atom. The van der Waals surface area contributed by atoms with Gasteiger partial charge in [-0.05, 0) is 60.6 Å². The Morgan fingerprint density at radius 1 is 1.08 bits per heavy atom. The minimum atomic E-state index is -0.432. The number of carbonyl (C=O) groups excluding carboxylic acids is 1. The second-order valence-corrected chi connectivity index (χ2v) is 7.02. The summed E-state index contributed by atoms with van der Waals surface area (Å²) >= 11 is 0. The van der Waals surface area contributed by atoms with Crippen molar-refractivity contribution in [2.45, 2.75) is 40.5 Å². The first-order valence-electron chi connectivity index (χ1n) is 8.78. The summed E-state index contributed by atoms with van der Waals surface area (Å²) in [7, 11) is 0. The number of aromatic nitrogens is 1. The number of primary amides is 1. The second-order valence-electron chi connectivity index (χ2n) is 7.02. The number of rotatable bonds is 4. The smallest absolute Gasteiger partial charge is 0.249 e. The summed E-state index contributed by atoms with van der Waals surface area (Å²) in [5.41, 5.74) is 13.1. The molecule has 0 saturated heterocycles. The fourth-order valence-electron chi connectivity index (χ4n) is 3.51. The molecule has 1 aromatic heterocycles. The van der Waals surface area contributed by atoms with Crippen LogP contribution in [-0.2, 0) is 0 Å². The van der Waals surface area contributed by atoms with Gasteiger partial charge in [0.25, 0.3) is 0 Å². The number of aryl methyl sites for hydroxylation is 3. The van der Waals surface area contributed by atoms with Gasteiger partial charge >= 0.3 is 0 Å². The van der Waals surface area contributed by atoms with E-state index >= 15 is 0 Å². The highest BCUT2D eigenvalue weighted by Gasteiger charge is 2.22. The average molecular weight is 348 g/mol. The predicted molar refractivity (Wildman–Crippen MR) is 104 cm³/mol. The molecule has 0 bridgehead atoms. The lowest BCUT2D eigenvalue weighted by Gasteiger charge is -2.20. The molecular weight excluding hydrogens is 324 g/mol. The van der Waals surface area contributed by atoms with Crippen LogP contribution in [0.3, 0.4) is 0 Å². The summed E-state index contributed by atoms with van der Waals surface area (Å²) < 4.78 is 5.32. The number of benzene rings is 2. The van der Waals surface area contributed by atoms with Gasteiger partial charge in [-0.1, -0.05) is 49.3 Å². The van der Waals surface area contributed by atoms with Gasteiger partial charge in [0.1, 0.15) is 5.76 Å². The van der Waals surface area contributed by atoms with Gasteiger partial charge in [-0.3, -0.25) is 4.79 Å². The molecular formula is C22H24N2O2. The second kappa shape index (κ2) is 6.79. The molecule has 0 spiro atoms. The van der Waals surface area contributed by atoms with E-state index in [0.717, 1.165) is 44.8 Å². The van der Waals surface area contributed by atoms with Crippen molar-refractivity contribution in [3.05, 3.63) is 64.5 Å². The van der Waals surface area contributed by atoms with Crippen LogP contribution in [0.4, 0.5) is 0 Å². The summed E-state index contributed by atoms with van der Waals surface area (Å²) in [5, 5.41) is 4.05. The number of carbonyl (C=O) groups is 1. The lowest BCUT2D eigenvalue weighted by Crippen LogP contribution is -2.14. The molecule has 1 amide bonds. The summed E-state index contributed by atoms with van der Waals surface area (Å²) in [6.07, 6.45) is 0. The summed E-state index contributed by atoms with van der Waals surface area (Å²) in [4.78, 5) is 12.4. The molecule has 3 rings (SSSR count). The molecule has 4 heteroatoms. The molecule has 2 N–H and O–H groups in total. The molecule has 134 valence electrons. The Morgan fingerprint density at radius 2 is 1.77 bits per heavy atom. The zero-order chi connectivity index (χ0) is 19.0. The predicted octanol–water partition coefficient (Wildman–Crippen LogP) is 5.16. The highest BCUT2D eigenvalue weighted by atomic mass is 16.5. The first kappa shape index (κ1) is 17.9. The van der Waals surface area contributed by atoms with E-state index in [1.54, 1.807) is 0 Å². The van der Waals surface area contributed by atoms with E-state index < -0.39 is 5.91 Å². The van der Waals surface area contributed by atoms with E-state index in [9.17, 15) is 4.79 Å². The Hall–Kier alpha value is -2.88. The maximum atomic E-state index is 12.4. The van der Waals surface area contributed by atoms with Crippen LogP contribution >= 0.6 is 0 Å². The Labute approximate surface area is 154 Å². The highest BCUT2D eigenvalue weighted by Crippen LogP contribution is 2.39. The van der Waals surface area contributed by atoms with E-state index in [1.165, 1.54) is 0 Å². The molecule has 0 aliphatic heterocycles. The molecule has 0 radical (unpaired) electrons. The largest absolute Gasteiger partial charge is 0.366 e. The van der Waals surface area contributed by atoms with Crippen LogP contribution in [0.2, 0.25) is 0 Å². The topological polar surface area (TPSA) is 69.1 Å². The van der Waals surface area contributed by atoms with Gasteiger partial charge in [-0.15, -0.1) is 0 Å². The third-order valence-corrected chi connectivity index (χ3v) is 4.79. The van der Waals surface area contributed by atoms with Crippen LogP contribution in [0.5, 0.6) is 0 Å². The fourth-order valence-corrected chi connectivity index (χ4v) is 3.51. The first-order chi connectivity index (χ1) is 12.3. The molecule has 0 atom stereocenters. The number of amides is 1. The third-order valence-electron chi connectivity index (χ3n) is 4.79. The van der Waals surface area contributed by atoms with Crippen molar-refractivity contribution < 1.29 is 9.32 Å². The van der Waals surface area contributed by atoms with Crippen LogP contribution in [0.15, 0.2) is 40.9 Å². The number of hydrogen-bond acceptors (Lipinski definition) is 3. The minimum Gasteiger partial charge on any atom is -0.366 e. The monoisotopic (exact) mass is 348 g/mol. The maximum Gasteiger partial charge on any atom is 0.249 e. The molecule has 4 nitrogen and oxygen atoms in total. The van der Waals surface area contributed by atoms with Crippen LogP contribution < -0.4 is 5.73 Å². The molecule has 26 heavy (non-hydrogen) atoms. The maximum absolute atomic E-state index is 12.4. The molecule has 0 aliphatic rings. The van der Waals surface area contributed by atoms with E-state index in [1.807, 2.05) is 51.1 Å². The Balaban J connectivity index is 2.39. The van der Waals surface area contributed by atoms with Crippen LogP contribution in [-0.4, -0.2) is 11.1 Å². The molecule has 0 saturated carbocycles. The lowest BCUT2D eigenvalue weighted by molar-refractivity contribution is 0.100. The molecule has 2 aromatic carbocycles. The van der Waals surface area contributed by atoms with Gasteiger partial charge in [0, 0.05) is 11.1 Å². The molecule has 0 fully saturated rings. The van der Waals surface area contributed by atoms with Gasteiger partial charge in [0.15, 0.2) is 0 Å². The van der Waals surface area contributed by atoms with Crippen molar-refractivity contribution in [2.24, 2.45) is 5.73 Å². The Bertz CT molecular complexity index is 964. The molecule has 1 heterocycles. The van der Waals surface area contributed by atoms with Gasteiger partial charge in [-0.2, -0.15) is 0 Å². The highest BCUT2D eigenvalue weighted by molar-refractivity contribution is 6.02. The molecule has 0 unspecified atom stereocenters. The van der Waals surface area contributed by atoms with E-state index in [2.05, 4.69) is 25.1 Å². The quantitative estimate of drug-likeness (QED) is 0.708. The SMILES string of the molecule is Cc1ccccc1-c1c(C(N)=O)cc(-c2c(C)noc2C)cc1C(C)C. The first-order valence-corrected chi connectivity index (χ1v) is 8.78. The van der Waals surface area contributed by atoms with E-state index in [4.69, 9.17) is 10.3 Å². The fraction of sp³-hybridized carbons (Fsp3) is 0.273. The number of hydrogen-bond donors (Lipinski definition) is 1. The van der Waals surface area contributed by atoms with Crippen LogP contribution in [0, 0.1) is 20.8 Å². The van der Waals surface area contributed by atoms with E-state index in [-0.39, 0.29) is 5.92 Å². The van der Waals surface area contributed by atoms with Crippen molar-refractivity contribution in [3.63, 3.8) is 0 Å². The summed E-state index contributed by atoms with van der Waals surface area (Å²) in [6.45, 7) is 10.1. The zero-order valence-electron chi connectivity index (χ0n) is 15.9. The van der Waals surface area contributed by atoms with Gasteiger partial charge < -0.3 is 10.3 Å². The summed E-state index contributed by atoms with van der Waals surface area (Å²) in [5.74, 6) is 0.526. The standard InChI is InChI=1S/C22H24N2O2/c1-12(2)18-10-16(20-14(4)24-26-15(20)5)11-19(22(23)25)21(18)17-9-7-6-8-13(17)3/h6-12H,1-5H3,(H2,23,25). The van der Waals surface area contributed by atoms with Gasteiger partial charge in [-0.25, -0.2) is 0 Å². The number of nitrogens with two attached hydrogens (primary N) is 1. The number of nitrogens with zero attached hydrogens (tertiary/aromatic N) is 1. The van der Waals surface area contributed by atoms with E-state index in [0.29, 0.717) is 5.56 Å².